The van der Waals surface area contributed by atoms with E-state index >= 15 is 0 Å². The molecule has 0 spiro atoms. The molecule has 118 valence electrons. The second kappa shape index (κ2) is 5.73. The molecule has 4 heterocycles. The van der Waals surface area contributed by atoms with E-state index in [-0.39, 0.29) is 0 Å². The van der Waals surface area contributed by atoms with E-state index in [4.69, 9.17) is 0 Å². The number of hydrogen-bond donors (Lipinski definition) is 0. The first-order valence-electron chi connectivity index (χ1n) is 7.70. The van der Waals surface area contributed by atoms with Gasteiger partial charge in [0.25, 0.3) is 0 Å². The Morgan fingerprint density at radius 2 is 1.52 bits per heavy atom. The van der Waals surface area contributed by atoms with Crippen molar-refractivity contribution in [2.75, 3.05) is 36.0 Å². The van der Waals surface area contributed by atoms with Gasteiger partial charge in [-0.25, -0.2) is 19.9 Å². The van der Waals surface area contributed by atoms with Crippen molar-refractivity contribution in [3.8, 4) is 0 Å². The van der Waals surface area contributed by atoms with E-state index in [1.807, 2.05) is 6.92 Å². The van der Waals surface area contributed by atoms with Gasteiger partial charge in [0.05, 0.1) is 10.2 Å². The summed E-state index contributed by atoms with van der Waals surface area (Å²) in [5.41, 5.74) is 3.25. The molecular weight excluding hydrogens is 308 g/mol. The highest BCUT2D eigenvalue weighted by molar-refractivity contribution is 7.17. The van der Waals surface area contributed by atoms with Crippen molar-refractivity contribution in [3.63, 3.8) is 0 Å². The first kappa shape index (κ1) is 14.3. The quantitative estimate of drug-likeness (QED) is 0.721. The number of thiophene rings is 1. The lowest BCUT2D eigenvalue weighted by Gasteiger charge is -2.36. The van der Waals surface area contributed by atoms with Gasteiger partial charge >= 0.3 is 0 Å². The van der Waals surface area contributed by atoms with Gasteiger partial charge in [-0.3, -0.25) is 0 Å². The molecule has 0 atom stereocenters. The predicted molar refractivity (Wildman–Crippen MR) is 93.3 cm³/mol. The van der Waals surface area contributed by atoms with Crippen LogP contribution in [0.5, 0.6) is 0 Å². The maximum Gasteiger partial charge on any atom is 0.150 e. The van der Waals surface area contributed by atoms with Crippen molar-refractivity contribution in [2.24, 2.45) is 0 Å². The van der Waals surface area contributed by atoms with Crippen LogP contribution in [-0.2, 0) is 0 Å². The van der Waals surface area contributed by atoms with Gasteiger partial charge in [0, 0.05) is 37.4 Å². The van der Waals surface area contributed by atoms with E-state index in [2.05, 4.69) is 48.1 Å². The molecule has 1 aliphatic heterocycles. The van der Waals surface area contributed by atoms with Crippen LogP contribution in [0.15, 0.2) is 24.1 Å². The van der Waals surface area contributed by atoms with E-state index in [9.17, 15) is 0 Å². The first-order chi connectivity index (χ1) is 11.2. The molecule has 0 aliphatic carbocycles. The van der Waals surface area contributed by atoms with Crippen molar-refractivity contribution in [1.82, 2.24) is 19.9 Å². The fraction of sp³-hybridized carbons (Fsp3) is 0.375. The smallest absolute Gasteiger partial charge is 0.150 e. The number of nitrogens with zero attached hydrogens (tertiary/aromatic N) is 6. The molecule has 0 aromatic carbocycles. The number of rotatable bonds is 2. The summed E-state index contributed by atoms with van der Waals surface area (Å²) in [6.45, 7) is 7.88. The second-order valence-corrected chi connectivity index (χ2v) is 6.63. The molecule has 0 unspecified atom stereocenters. The van der Waals surface area contributed by atoms with Crippen LogP contribution in [0.3, 0.4) is 0 Å². The average Bonchev–Trinajstić information content (AvgIpc) is 3.06. The van der Waals surface area contributed by atoms with Crippen LogP contribution in [0, 0.1) is 13.8 Å². The fourth-order valence-electron chi connectivity index (χ4n) is 2.98. The van der Waals surface area contributed by atoms with Crippen molar-refractivity contribution in [1.29, 1.82) is 0 Å². The van der Waals surface area contributed by atoms with Crippen molar-refractivity contribution in [3.05, 3.63) is 35.4 Å². The van der Waals surface area contributed by atoms with Gasteiger partial charge in [0.2, 0.25) is 0 Å². The SMILES string of the molecule is Cc1ncnc(N2CCN(c3ncnc4ccsc34)CC2)c1C. The highest BCUT2D eigenvalue weighted by atomic mass is 32.1. The molecule has 0 saturated carbocycles. The molecule has 0 bridgehead atoms. The van der Waals surface area contributed by atoms with Crippen LogP contribution >= 0.6 is 11.3 Å². The Bertz CT molecular complexity index is 837. The summed E-state index contributed by atoms with van der Waals surface area (Å²) >= 11 is 1.71. The monoisotopic (exact) mass is 326 g/mol. The normalized spacial score (nSPS) is 15.4. The molecule has 4 rings (SSSR count). The van der Waals surface area contributed by atoms with E-state index in [1.54, 1.807) is 24.0 Å². The molecule has 1 aliphatic rings. The lowest BCUT2D eigenvalue weighted by molar-refractivity contribution is 0.640. The second-order valence-electron chi connectivity index (χ2n) is 5.71. The third-order valence-electron chi connectivity index (χ3n) is 4.41. The Labute approximate surface area is 138 Å². The molecule has 3 aromatic rings. The van der Waals surface area contributed by atoms with Crippen LogP contribution in [0.25, 0.3) is 10.2 Å². The maximum atomic E-state index is 4.51. The van der Waals surface area contributed by atoms with E-state index in [0.29, 0.717) is 0 Å². The van der Waals surface area contributed by atoms with Gasteiger partial charge in [0.1, 0.15) is 24.3 Å². The standard InChI is InChI=1S/C16H18N6S/c1-11-12(2)17-9-19-15(11)21-4-6-22(7-5-21)16-14-13(3-8-23-14)18-10-20-16/h3,8-10H,4-7H2,1-2H3. The zero-order valence-corrected chi connectivity index (χ0v) is 14.0. The third kappa shape index (κ3) is 2.50. The molecule has 0 radical (unpaired) electrons. The number of fused-ring (bicyclic) bond motifs is 1. The Morgan fingerprint density at radius 3 is 2.30 bits per heavy atom. The number of hydrogen-bond acceptors (Lipinski definition) is 7. The van der Waals surface area contributed by atoms with Crippen LogP contribution in [-0.4, -0.2) is 46.1 Å². The van der Waals surface area contributed by atoms with Gasteiger partial charge in [-0.2, -0.15) is 0 Å². The summed E-state index contributed by atoms with van der Waals surface area (Å²) in [7, 11) is 0. The van der Waals surface area contributed by atoms with E-state index in [1.165, 1.54) is 10.3 Å². The largest absolute Gasteiger partial charge is 0.353 e. The summed E-state index contributed by atoms with van der Waals surface area (Å²) in [6, 6.07) is 2.05. The van der Waals surface area contributed by atoms with Gasteiger partial charge < -0.3 is 9.80 Å². The minimum Gasteiger partial charge on any atom is -0.353 e. The Kier molecular flexibility index (Phi) is 3.57. The minimum absolute atomic E-state index is 0.937. The van der Waals surface area contributed by atoms with Gasteiger partial charge in [-0.15, -0.1) is 11.3 Å². The molecule has 3 aromatic heterocycles. The zero-order chi connectivity index (χ0) is 15.8. The van der Waals surface area contributed by atoms with Crippen molar-refractivity contribution < 1.29 is 0 Å². The average molecular weight is 326 g/mol. The van der Waals surface area contributed by atoms with Crippen molar-refractivity contribution in [2.45, 2.75) is 13.8 Å². The summed E-state index contributed by atoms with van der Waals surface area (Å²) in [5.74, 6) is 2.11. The number of aromatic nitrogens is 4. The van der Waals surface area contributed by atoms with Crippen LogP contribution < -0.4 is 9.80 Å². The molecule has 23 heavy (non-hydrogen) atoms. The lowest BCUT2D eigenvalue weighted by atomic mass is 10.2. The molecule has 1 fully saturated rings. The first-order valence-corrected chi connectivity index (χ1v) is 8.58. The van der Waals surface area contributed by atoms with Crippen LogP contribution in [0.2, 0.25) is 0 Å². The number of anilines is 2. The molecule has 1 saturated heterocycles. The summed E-state index contributed by atoms with van der Waals surface area (Å²) in [5, 5.41) is 2.08. The third-order valence-corrected chi connectivity index (χ3v) is 5.31. The highest BCUT2D eigenvalue weighted by Gasteiger charge is 2.22. The van der Waals surface area contributed by atoms with Crippen molar-refractivity contribution >= 4 is 33.2 Å². The summed E-state index contributed by atoms with van der Waals surface area (Å²) in [6.07, 6.45) is 3.32. The fourth-order valence-corrected chi connectivity index (χ4v) is 3.84. The van der Waals surface area contributed by atoms with Crippen LogP contribution in [0.1, 0.15) is 11.3 Å². The lowest BCUT2D eigenvalue weighted by Crippen LogP contribution is -2.47. The highest BCUT2D eigenvalue weighted by Crippen LogP contribution is 2.29. The minimum atomic E-state index is 0.937. The number of aryl methyl sites for hydroxylation is 1. The van der Waals surface area contributed by atoms with E-state index in [0.717, 1.165) is 49.0 Å². The predicted octanol–water partition coefficient (Wildman–Crippen LogP) is 2.42. The molecular formula is C16H18N6S. The molecule has 0 N–H and O–H groups in total. The Morgan fingerprint density at radius 1 is 0.870 bits per heavy atom. The molecule has 0 amide bonds. The molecule has 6 nitrogen and oxygen atoms in total. The topological polar surface area (TPSA) is 58.0 Å². The number of piperazine rings is 1. The van der Waals surface area contributed by atoms with Gasteiger partial charge in [-0.05, 0) is 25.3 Å². The van der Waals surface area contributed by atoms with Gasteiger partial charge in [0.15, 0.2) is 0 Å². The maximum absolute atomic E-state index is 4.51. The summed E-state index contributed by atoms with van der Waals surface area (Å²) < 4.78 is 1.18. The molecule has 7 heteroatoms. The summed E-state index contributed by atoms with van der Waals surface area (Å²) in [4.78, 5) is 22.3. The van der Waals surface area contributed by atoms with E-state index < -0.39 is 0 Å². The Balaban J connectivity index is 1.55. The van der Waals surface area contributed by atoms with Gasteiger partial charge in [-0.1, -0.05) is 0 Å². The van der Waals surface area contributed by atoms with Crippen LogP contribution in [0.4, 0.5) is 11.6 Å². The Hall–Kier alpha value is -2.28. The zero-order valence-electron chi connectivity index (χ0n) is 13.2.